The van der Waals surface area contributed by atoms with Gasteiger partial charge in [0.25, 0.3) is 0 Å². The number of piperidine rings is 1. The maximum atomic E-state index is 12.5. The molecule has 1 aliphatic rings. The third-order valence-electron chi connectivity index (χ3n) is 5.09. The quantitative estimate of drug-likeness (QED) is 0.551. The average Bonchev–Trinajstić information content (AvgIpc) is 2.72. The van der Waals surface area contributed by atoms with Gasteiger partial charge in [-0.2, -0.15) is 0 Å². The van der Waals surface area contributed by atoms with Gasteiger partial charge >= 0.3 is 7.12 Å². The summed E-state index contributed by atoms with van der Waals surface area (Å²) in [5, 5.41) is 18.5. The monoisotopic (exact) mass is 364 g/mol. The van der Waals surface area contributed by atoms with Crippen molar-refractivity contribution in [3.63, 3.8) is 0 Å². The lowest BCUT2D eigenvalue weighted by molar-refractivity contribution is -0.126. The van der Waals surface area contributed by atoms with E-state index in [1.54, 1.807) is 30.4 Å². The Hall–Kier alpha value is -2.41. The van der Waals surface area contributed by atoms with E-state index in [4.69, 9.17) is 5.73 Å². The number of nitrogens with zero attached hydrogens (tertiary/aromatic N) is 1. The molecule has 3 rings (SSSR count). The van der Waals surface area contributed by atoms with Crippen molar-refractivity contribution < 1.29 is 14.8 Å². The third kappa shape index (κ3) is 5.07. The van der Waals surface area contributed by atoms with Gasteiger partial charge in [0, 0.05) is 25.7 Å². The van der Waals surface area contributed by atoms with E-state index in [-0.39, 0.29) is 5.91 Å². The Kier molecular flexibility index (Phi) is 6.45. The normalized spacial score (nSPS) is 15.3. The van der Waals surface area contributed by atoms with Crippen LogP contribution in [0.5, 0.6) is 0 Å². The molecule has 1 aliphatic heterocycles. The topological polar surface area (TPSA) is 86.8 Å². The number of carbonyl (C=O) groups is 1. The number of hydrogen-bond donors (Lipinski definition) is 3. The largest absolute Gasteiger partial charge is 0.488 e. The molecule has 1 amide bonds. The van der Waals surface area contributed by atoms with E-state index in [0.29, 0.717) is 17.9 Å². The highest BCUT2D eigenvalue weighted by atomic mass is 16.4. The smallest absolute Gasteiger partial charge is 0.423 e. The Labute approximate surface area is 160 Å². The van der Waals surface area contributed by atoms with Gasteiger partial charge in [-0.05, 0) is 47.0 Å². The van der Waals surface area contributed by atoms with Crippen molar-refractivity contribution in [1.82, 2.24) is 4.90 Å². The van der Waals surface area contributed by atoms with Crippen LogP contribution in [-0.4, -0.2) is 41.1 Å². The number of hydrogen-bond acceptors (Lipinski definition) is 4. The van der Waals surface area contributed by atoms with Crippen LogP contribution in [0.1, 0.15) is 35.4 Å². The molecule has 5 nitrogen and oxygen atoms in total. The molecule has 0 bridgehead atoms. The minimum Gasteiger partial charge on any atom is -0.423 e. The molecule has 2 aromatic carbocycles. The minimum absolute atomic E-state index is 0.0147. The van der Waals surface area contributed by atoms with Crippen LogP contribution in [0, 0.1) is 0 Å². The fourth-order valence-corrected chi connectivity index (χ4v) is 3.50. The Bertz CT molecular complexity index is 815. The zero-order valence-electron chi connectivity index (χ0n) is 15.3. The molecule has 1 saturated heterocycles. The third-order valence-corrected chi connectivity index (χ3v) is 5.09. The number of amides is 1. The van der Waals surface area contributed by atoms with Gasteiger partial charge in [-0.25, -0.2) is 0 Å². The molecule has 1 fully saturated rings. The average molecular weight is 364 g/mol. The Morgan fingerprint density at radius 3 is 2.59 bits per heavy atom. The molecule has 0 aliphatic carbocycles. The fraction of sp³-hybridized carbons (Fsp3) is 0.286. The molecule has 0 saturated carbocycles. The first kappa shape index (κ1) is 19.4. The summed E-state index contributed by atoms with van der Waals surface area (Å²) in [6.45, 7) is 2.01. The molecule has 140 valence electrons. The van der Waals surface area contributed by atoms with Crippen LogP contribution >= 0.6 is 0 Å². The van der Waals surface area contributed by atoms with E-state index in [1.165, 1.54) is 5.56 Å². The summed E-state index contributed by atoms with van der Waals surface area (Å²) in [4.78, 5) is 14.3. The highest BCUT2D eigenvalue weighted by Gasteiger charge is 2.22. The molecule has 4 N–H and O–H groups in total. The molecule has 1 heterocycles. The molecule has 27 heavy (non-hydrogen) atoms. The summed E-state index contributed by atoms with van der Waals surface area (Å²) in [6, 6.07) is 15.3. The molecule has 0 unspecified atom stereocenters. The predicted molar refractivity (Wildman–Crippen MR) is 108 cm³/mol. The first-order chi connectivity index (χ1) is 13.1. The second-order valence-corrected chi connectivity index (χ2v) is 6.93. The van der Waals surface area contributed by atoms with E-state index < -0.39 is 7.12 Å². The van der Waals surface area contributed by atoms with Gasteiger partial charge in [0.15, 0.2) is 0 Å². The number of nitrogens with two attached hydrogens (primary N) is 1. The number of benzene rings is 2. The SMILES string of the molecule is NCc1cccc(C2CCN(C(=O)C=Cc3cccc(B(O)O)c3)CC2)c1. The second-order valence-electron chi connectivity index (χ2n) is 6.93. The van der Waals surface area contributed by atoms with Crippen LogP contribution in [0.15, 0.2) is 54.6 Å². The first-order valence-corrected chi connectivity index (χ1v) is 9.29. The minimum atomic E-state index is -1.51. The van der Waals surface area contributed by atoms with Crippen molar-refractivity contribution in [3.8, 4) is 0 Å². The molecule has 0 radical (unpaired) electrons. The number of carbonyl (C=O) groups excluding carboxylic acids is 1. The van der Waals surface area contributed by atoms with E-state index in [1.807, 2.05) is 17.0 Å². The van der Waals surface area contributed by atoms with Crippen LogP contribution in [-0.2, 0) is 11.3 Å². The van der Waals surface area contributed by atoms with E-state index in [2.05, 4.69) is 18.2 Å². The summed E-state index contributed by atoms with van der Waals surface area (Å²) in [6.07, 6.45) is 5.16. The molecule has 0 aromatic heterocycles. The number of rotatable bonds is 5. The van der Waals surface area contributed by atoms with E-state index in [9.17, 15) is 14.8 Å². The van der Waals surface area contributed by atoms with Crippen molar-refractivity contribution in [2.24, 2.45) is 5.73 Å². The van der Waals surface area contributed by atoms with Gasteiger partial charge in [-0.1, -0.05) is 48.5 Å². The van der Waals surface area contributed by atoms with Crippen molar-refractivity contribution in [3.05, 3.63) is 71.3 Å². The van der Waals surface area contributed by atoms with Gasteiger partial charge in [0.1, 0.15) is 0 Å². The summed E-state index contributed by atoms with van der Waals surface area (Å²) >= 11 is 0. The van der Waals surface area contributed by atoms with Crippen molar-refractivity contribution >= 4 is 24.6 Å². The highest BCUT2D eigenvalue weighted by molar-refractivity contribution is 6.58. The van der Waals surface area contributed by atoms with Gasteiger partial charge in [0.2, 0.25) is 5.91 Å². The molecule has 0 spiro atoms. The van der Waals surface area contributed by atoms with Crippen LogP contribution < -0.4 is 11.2 Å². The molecular weight excluding hydrogens is 339 g/mol. The highest BCUT2D eigenvalue weighted by Crippen LogP contribution is 2.28. The summed E-state index contributed by atoms with van der Waals surface area (Å²) in [7, 11) is -1.51. The van der Waals surface area contributed by atoms with Crippen molar-refractivity contribution in [2.45, 2.75) is 25.3 Å². The standard InChI is InChI=1S/C21H25BN2O3/c23-15-17-4-1-5-19(13-17)18-9-11-24(12-10-18)21(25)8-7-16-3-2-6-20(14-16)22(26)27/h1-8,13-14,18,26-27H,9-12,15,23H2. The van der Waals surface area contributed by atoms with E-state index >= 15 is 0 Å². The maximum Gasteiger partial charge on any atom is 0.488 e. The van der Waals surface area contributed by atoms with Crippen molar-refractivity contribution in [2.75, 3.05) is 13.1 Å². The molecule has 6 heteroatoms. The lowest BCUT2D eigenvalue weighted by Crippen LogP contribution is -2.36. The number of likely N-dealkylation sites (tertiary alicyclic amines) is 1. The second kappa shape index (κ2) is 8.99. The molecule has 0 atom stereocenters. The zero-order valence-corrected chi connectivity index (χ0v) is 15.3. The lowest BCUT2D eigenvalue weighted by Gasteiger charge is -2.31. The predicted octanol–water partition coefficient (Wildman–Crippen LogP) is 1.24. The Morgan fingerprint density at radius 2 is 1.89 bits per heavy atom. The molecular formula is C21H25BN2O3. The Morgan fingerprint density at radius 1 is 1.15 bits per heavy atom. The first-order valence-electron chi connectivity index (χ1n) is 9.29. The van der Waals surface area contributed by atoms with Crippen LogP contribution in [0.2, 0.25) is 0 Å². The van der Waals surface area contributed by atoms with Gasteiger partial charge in [-0.15, -0.1) is 0 Å². The van der Waals surface area contributed by atoms with Crippen LogP contribution in [0.4, 0.5) is 0 Å². The Balaban J connectivity index is 1.57. The summed E-state index contributed by atoms with van der Waals surface area (Å²) in [5.74, 6) is 0.450. The zero-order chi connectivity index (χ0) is 19.2. The molecule has 2 aromatic rings. The maximum absolute atomic E-state index is 12.5. The fourth-order valence-electron chi connectivity index (χ4n) is 3.50. The van der Waals surface area contributed by atoms with E-state index in [0.717, 1.165) is 37.1 Å². The van der Waals surface area contributed by atoms with Crippen LogP contribution in [0.3, 0.4) is 0 Å². The summed E-state index contributed by atoms with van der Waals surface area (Å²) in [5.41, 5.74) is 9.35. The van der Waals surface area contributed by atoms with Gasteiger partial charge in [-0.3, -0.25) is 4.79 Å². The lowest BCUT2D eigenvalue weighted by atomic mass is 9.79. The van der Waals surface area contributed by atoms with Gasteiger partial charge < -0.3 is 20.7 Å². The summed E-state index contributed by atoms with van der Waals surface area (Å²) < 4.78 is 0. The van der Waals surface area contributed by atoms with Gasteiger partial charge in [0.05, 0.1) is 0 Å². The van der Waals surface area contributed by atoms with Crippen molar-refractivity contribution in [1.29, 1.82) is 0 Å². The van der Waals surface area contributed by atoms with Crippen LogP contribution in [0.25, 0.3) is 6.08 Å².